The lowest BCUT2D eigenvalue weighted by atomic mass is 10.1. The van der Waals surface area contributed by atoms with Crippen molar-refractivity contribution in [3.8, 4) is 22.8 Å². The summed E-state index contributed by atoms with van der Waals surface area (Å²) in [5, 5.41) is 11.6. The summed E-state index contributed by atoms with van der Waals surface area (Å²) in [7, 11) is 1.46. The van der Waals surface area contributed by atoms with Crippen LogP contribution >= 0.6 is 0 Å². The molecular weight excluding hydrogens is 273 g/mol. The van der Waals surface area contributed by atoms with Crippen LogP contribution in [0.4, 0.5) is 10.1 Å². The molecule has 0 aliphatic heterocycles. The summed E-state index contributed by atoms with van der Waals surface area (Å²) in [5.74, 6) is 0.389. The van der Waals surface area contributed by atoms with Crippen LogP contribution in [0.15, 0.2) is 42.5 Å². The molecule has 1 aromatic heterocycles. The molecule has 1 heterocycles. The average molecular weight is 285 g/mol. The summed E-state index contributed by atoms with van der Waals surface area (Å²) < 4.78 is 19.9. The van der Waals surface area contributed by atoms with Crippen LogP contribution in [0.25, 0.3) is 17.1 Å². The van der Waals surface area contributed by atoms with E-state index in [1.807, 2.05) is 18.2 Å². The Bertz CT molecular complexity index is 787. The van der Waals surface area contributed by atoms with Crippen LogP contribution in [0.2, 0.25) is 0 Å². The number of methoxy groups -OCH3 is 1. The van der Waals surface area contributed by atoms with Crippen molar-refractivity contribution in [2.45, 2.75) is 0 Å². The second-order valence-electron chi connectivity index (χ2n) is 4.32. The van der Waals surface area contributed by atoms with Gasteiger partial charge >= 0.3 is 0 Å². The van der Waals surface area contributed by atoms with Gasteiger partial charge in [0.15, 0.2) is 5.82 Å². The van der Waals surface area contributed by atoms with E-state index in [4.69, 9.17) is 10.5 Å². The monoisotopic (exact) mass is 285 g/mol. The molecule has 7 heteroatoms. The number of tetrazole rings is 1. The summed E-state index contributed by atoms with van der Waals surface area (Å²) >= 11 is 0. The van der Waals surface area contributed by atoms with E-state index in [1.165, 1.54) is 23.9 Å². The first kappa shape index (κ1) is 13.0. The van der Waals surface area contributed by atoms with Crippen molar-refractivity contribution >= 4 is 5.69 Å². The highest BCUT2D eigenvalue weighted by atomic mass is 19.1. The van der Waals surface area contributed by atoms with Gasteiger partial charge in [0, 0.05) is 17.3 Å². The number of nitrogens with zero attached hydrogens (tertiary/aromatic N) is 4. The lowest BCUT2D eigenvalue weighted by molar-refractivity contribution is 0.408. The topological polar surface area (TPSA) is 78.8 Å². The highest BCUT2D eigenvalue weighted by molar-refractivity contribution is 5.72. The van der Waals surface area contributed by atoms with E-state index in [-0.39, 0.29) is 0 Å². The van der Waals surface area contributed by atoms with Crippen LogP contribution in [0.5, 0.6) is 5.75 Å². The molecule has 0 fully saturated rings. The lowest BCUT2D eigenvalue weighted by Crippen LogP contribution is -2.04. The fourth-order valence-corrected chi connectivity index (χ4v) is 2.04. The Hall–Kier alpha value is -2.96. The first-order valence-corrected chi connectivity index (χ1v) is 6.18. The van der Waals surface area contributed by atoms with Crippen molar-refractivity contribution in [1.29, 1.82) is 0 Å². The summed E-state index contributed by atoms with van der Waals surface area (Å²) in [6.07, 6.45) is 0. The van der Waals surface area contributed by atoms with Gasteiger partial charge in [0.05, 0.1) is 7.11 Å². The van der Waals surface area contributed by atoms with Gasteiger partial charge < -0.3 is 10.5 Å². The van der Waals surface area contributed by atoms with E-state index in [2.05, 4.69) is 15.5 Å². The number of nitrogens with two attached hydrogens (primary N) is 1. The third kappa shape index (κ3) is 2.29. The van der Waals surface area contributed by atoms with Gasteiger partial charge in [-0.2, -0.15) is 4.68 Å². The molecule has 0 spiro atoms. The molecule has 106 valence electrons. The van der Waals surface area contributed by atoms with Crippen molar-refractivity contribution in [3.63, 3.8) is 0 Å². The van der Waals surface area contributed by atoms with Crippen LogP contribution in [0.1, 0.15) is 0 Å². The molecule has 21 heavy (non-hydrogen) atoms. The molecule has 6 nitrogen and oxygen atoms in total. The number of hydrogen-bond donors (Lipinski definition) is 1. The Morgan fingerprint density at radius 2 is 2.00 bits per heavy atom. The summed E-state index contributed by atoms with van der Waals surface area (Å²) in [4.78, 5) is 0. The Morgan fingerprint density at radius 3 is 2.76 bits per heavy atom. The van der Waals surface area contributed by atoms with Crippen molar-refractivity contribution in [2.75, 3.05) is 12.8 Å². The molecule has 3 aromatic rings. The van der Waals surface area contributed by atoms with Crippen LogP contribution in [0, 0.1) is 5.82 Å². The molecule has 3 rings (SSSR count). The smallest absolute Gasteiger partial charge is 0.189 e. The highest BCUT2D eigenvalue weighted by Crippen LogP contribution is 2.29. The SMILES string of the molecule is COc1cc(F)ccc1-n1nnnc1-c1ccccc1N. The van der Waals surface area contributed by atoms with Gasteiger partial charge in [0.25, 0.3) is 0 Å². The zero-order valence-corrected chi connectivity index (χ0v) is 11.2. The molecule has 0 atom stereocenters. The number of nitrogen functional groups attached to an aromatic ring is 1. The van der Waals surface area contributed by atoms with Crippen LogP contribution in [-0.4, -0.2) is 27.3 Å². The van der Waals surface area contributed by atoms with Crippen molar-refractivity contribution < 1.29 is 9.13 Å². The van der Waals surface area contributed by atoms with E-state index in [1.54, 1.807) is 12.1 Å². The quantitative estimate of drug-likeness (QED) is 0.745. The zero-order valence-electron chi connectivity index (χ0n) is 11.2. The van der Waals surface area contributed by atoms with E-state index >= 15 is 0 Å². The maximum absolute atomic E-state index is 13.3. The predicted octanol–water partition coefficient (Wildman–Crippen LogP) is 2.06. The van der Waals surface area contributed by atoms with Gasteiger partial charge in [-0.1, -0.05) is 12.1 Å². The van der Waals surface area contributed by atoms with Crippen LogP contribution in [0.3, 0.4) is 0 Å². The first-order chi connectivity index (χ1) is 10.2. The number of halogens is 1. The first-order valence-electron chi connectivity index (χ1n) is 6.18. The third-order valence-corrected chi connectivity index (χ3v) is 3.04. The van der Waals surface area contributed by atoms with Gasteiger partial charge in [0.2, 0.25) is 0 Å². The fourth-order valence-electron chi connectivity index (χ4n) is 2.04. The second kappa shape index (κ2) is 5.20. The fraction of sp³-hybridized carbons (Fsp3) is 0.0714. The number of benzene rings is 2. The van der Waals surface area contributed by atoms with Crippen LogP contribution in [-0.2, 0) is 0 Å². The number of aromatic nitrogens is 4. The molecule has 0 saturated carbocycles. The standard InChI is InChI=1S/C14H12FN5O/c1-21-13-8-9(15)6-7-12(13)20-14(17-18-19-20)10-4-2-3-5-11(10)16/h2-8H,16H2,1H3. The van der Waals surface area contributed by atoms with Gasteiger partial charge in [-0.15, -0.1) is 5.10 Å². The maximum atomic E-state index is 13.3. The molecule has 0 aliphatic carbocycles. The average Bonchev–Trinajstić information content (AvgIpc) is 2.96. The minimum atomic E-state index is -0.399. The molecule has 0 bridgehead atoms. The minimum Gasteiger partial charge on any atom is -0.494 e. The number of ether oxygens (including phenoxy) is 1. The van der Waals surface area contributed by atoms with Gasteiger partial charge in [-0.3, -0.25) is 0 Å². The van der Waals surface area contributed by atoms with E-state index in [0.717, 1.165) is 0 Å². The molecule has 0 amide bonds. The normalized spacial score (nSPS) is 10.6. The van der Waals surface area contributed by atoms with E-state index in [9.17, 15) is 4.39 Å². The maximum Gasteiger partial charge on any atom is 0.189 e. The molecule has 2 N–H and O–H groups in total. The van der Waals surface area contributed by atoms with Crippen LogP contribution < -0.4 is 10.5 Å². The Labute approximate surface area is 120 Å². The molecule has 0 unspecified atom stereocenters. The summed E-state index contributed by atoms with van der Waals surface area (Å²) in [5.41, 5.74) is 7.72. The Morgan fingerprint density at radius 1 is 1.19 bits per heavy atom. The van der Waals surface area contributed by atoms with Crippen molar-refractivity contribution in [1.82, 2.24) is 20.2 Å². The minimum absolute atomic E-state index is 0.332. The predicted molar refractivity (Wildman–Crippen MR) is 75.5 cm³/mol. The molecule has 0 aliphatic rings. The number of para-hydroxylation sites is 1. The highest BCUT2D eigenvalue weighted by Gasteiger charge is 2.16. The molecule has 0 radical (unpaired) electrons. The second-order valence-corrected chi connectivity index (χ2v) is 4.32. The molecule has 0 saturated heterocycles. The van der Waals surface area contributed by atoms with Crippen molar-refractivity contribution in [2.24, 2.45) is 0 Å². The number of anilines is 1. The summed E-state index contributed by atoms with van der Waals surface area (Å²) in [6.45, 7) is 0. The Balaban J connectivity index is 2.18. The van der Waals surface area contributed by atoms with Gasteiger partial charge in [-0.25, -0.2) is 4.39 Å². The zero-order chi connectivity index (χ0) is 14.8. The van der Waals surface area contributed by atoms with Gasteiger partial charge in [-0.05, 0) is 34.7 Å². The largest absolute Gasteiger partial charge is 0.494 e. The molecule has 2 aromatic carbocycles. The summed E-state index contributed by atoms with van der Waals surface area (Å²) in [6, 6.07) is 11.4. The molecular formula is C14H12FN5O. The number of rotatable bonds is 3. The van der Waals surface area contributed by atoms with Gasteiger partial charge in [0.1, 0.15) is 17.3 Å². The third-order valence-electron chi connectivity index (χ3n) is 3.04. The Kier molecular flexibility index (Phi) is 3.23. The lowest BCUT2D eigenvalue weighted by Gasteiger charge is -2.10. The van der Waals surface area contributed by atoms with Crippen molar-refractivity contribution in [3.05, 3.63) is 48.3 Å². The van der Waals surface area contributed by atoms with E-state index < -0.39 is 5.82 Å². The number of hydrogen-bond acceptors (Lipinski definition) is 5. The van der Waals surface area contributed by atoms with E-state index in [0.29, 0.717) is 28.5 Å².